The van der Waals surface area contributed by atoms with Gasteiger partial charge >= 0.3 is 0 Å². The van der Waals surface area contributed by atoms with Gasteiger partial charge in [0.05, 0.1) is 11.2 Å². The van der Waals surface area contributed by atoms with Gasteiger partial charge in [0.1, 0.15) is 0 Å². The highest BCUT2D eigenvalue weighted by Crippen LogP contribution is 2.40. The Morgan fingerprint density at radius 3 is 2.36 bits per heavy atom. The molecule has 1 aliphatic heterocycles. The number of likely N-dealkylation sites (N-methyl/N-ethyl adjacent to an activating group) is 1. The third-order valence-electron chi connectivity index (χ3n) is 5.61. The zero-order valence-corrected chi connectivity index (χ0v) is 15.8. The van der Waals surface area contributed by atoms with Gasteiger partial charge < -0.3 is 9.64 Å². The molecule has 0 bridgehead atoms. The van der Waals surface area contributed by atoms with Crippen molar-refractivity contribution < 1.29 is 4.74 Å². The lowest BCUT2D eigenvalue weighted by atomic mass is 9.79. The van der Waals surface area contributed by atoms with Gasteiger partial charge in [-0.3, -0.25) is 4.90 Å². The van der Waals surface area contributed by atoms with Crippen molar-refractivity contribution in [2.75, 3.05) is 33.2 Å². The third kappa shape index (κ3) is 4.69. The van der Waals surface area contributed by atoms with Crippen LogP contribution in [0.25, 0.3) is 0 Å². The standard InChI is InChI=1S/C19H38N2O/c1-7-21-14-18(4,5)22-19(15-21)11-8-17(9-12-19)20(6)13-10-16(2)3/h16-17H,7-15H2,1-6H3. The fourth-order valence-corrected chi connectivity index (χ4v) is 4.35. The highest BCUT2D eigenvalue weighted by atomic mass is 16.5. The molecular weight excluding hydrogens is 272 g/mol. The van der Waals surface area contributed by atoms with Gasteiger partial charge in [-0.2, -0.15) is 0 Å². The molecule has 0 amide bonds. The average Bonchev–Trinajstić information content (AvgIpc) is 2.43. The van der Waals surface area contributed by atoms with E-state index in [1.165, 1.54) is 38.6 Å². The third-order valence-corrected chi connectivity index (χ3v) is 5.61. The van der Waals surface area contributed by atoms with Crippen LogP contribution < -0.4 is 0 Å². The molecule has 0 N–H and O–H groups in total. The summed E-state index contributed by atoms with van der Waals surface area (Å²) in [5, 5.41) is 0. The Morgan fingerprint density at radius 2 is 1.82 bits per heavy atom. The Morgan fingerprint density at radius 1 is 1.18 bits per heavy atom. The maximum atomic E-state index is 6.60. The van der Waals surface area contributed by atoms with Crippen molar-refractivity contribution in [2.45, 2.75) is 84.0 Å². The molecule has 2 fully saturated rings. The molecule has 1 spiro atoms. The fourth-order valence-electron chi connectivity index (χ4n) is 4.35. The first-order chi connectivity index (χ1) is 10.3. The molecule has 1 heterocycles. The Labute approximate surface area is 138 Å². The summed E-state index contributed by atoms with van der Waals surface area (Å²) in [4.78, 5) is 5.19. The summed E-state index contributed by atoms with van der Waals surface area (Å²) in [5.74, 6) is 0.804. The van der Waals surface area contributed by atoms with Crippen LogP contribution in [0.3, 0.4) is 0 Å². The van der Waals surface area contributed by atoms with E-state index in [1.807, 2.05) is 0 Å². The van der Waals surface area contributed by atoms with E-state index in [9.17, 15) is 0 Å². The molecular formula is C19H38N2O. The van der Waals surface area contributed by atoms with Crippen LogP contribution in [0.1, 0.15) is 66.7 Å². The Balaban J connectivity index is 1.90. The molecule has 0 atom stereocenters. The van der Waals surface area contributed by atoms with E-state index in [0.717, 1.165) is 31.6 Å². The zero-order valence-electron chi connectivity index (χ0n) is 15.8. The molecule has 1 saturated carbocycles. The van der Waals surface area contributed by atoms with Crippen LogP contribution in [-0.2, 0) is 4.74 Å². The summed E-state index contributed by atoms with van der Waals surface area (Å²) >= 11 is 0. The minimum Gasteiger partial charge on any atom is -0.366 e. The van der Waals surface area contributed by atoms with Gasteiger partial charge in [-0.15, -0.1) is 0 Å². The molecule has 1 aliphatic carbocycles. The Hall–Kier alpha value is -0.120. The lowest BCUT2D eigenvalue weighted by molar-refractivity contribution is -0.211. The number of morpholine rings is 1. The maximum Gasteiger partial charge on any atom is 0.0817 e. The second-order valence-corrected chi connectivity index (χ2v) is 8.74. The summed E-state index contributed by atoms with van der Waals surface area (Å²) in [5.41, 5.74) is 0.123. The number of hydrogen-bond donors (Lipinski definition) is 0. The number of nitrogens with zero attached hydrogens (tertiary/aromatic N) is 2. The summed E-state index contributed by atoms with van der Waals surface area (Å²) in [6.45, 7) is 16.0. The molecule has 0 aromatic rings. The molecule has 0 unspecified atom stereocenters. The van der Waals surface area contributed by atoms with Gasteiger partial charge in [0.25, 0.3) is 0 Å². The van der Waals surface area contributed by atoms with Crippen LogP contribution in [0.5, 0.6) is 0 Å². The molecule has 0 aromatic heterocycles. The smallest absolute Gasteiger partial charge is 0.0817 e. The first-order valence-corrected chi connectivity index (χ1v) is 9.38. The fraction of sp³-hybridized carbons (Fsp3) is 1.00. The predicted octanol–water partition coefficient (Wildman–Crippen LogP) is 3.78. The Kier molecular flexibility index (Phi) is 5.95. The molecule has 2 rings (SSSR count). The normalized spacial score (nSPS) is 33.0. The van der Waals surface area contributed by atoms with Crippen LogP contribution in [0.2, 0.25) is 0 Å². The second kappa shape index (κ2) is 7.19. The van der Waals surface area contributed by atoms with Crippen molar-refractivity contribution in [3.8, 4) is 0 Å². The van der Waals surface area contributed by atoms with Crippen molar-refractivity contribution in [1.82, 2.24) is 9.80 Å². The van der Waals surface area contributed by atoms with Crippen molar-refractivity contribution >= 4 is 0 Å². The molecule has 3 nitrogen and oxygen atoms in total. The van der Waals surface area contributed by atoms with Gasteiger partial charge in [0.2, 0.25) is 0 Å². The van der Waals surface area contributed by atoms with E-state index in [2.05, 4.69) is 51.5 Å². The van der Waals surface area contributed by atoms with E-state index < -0.39 is 0 Å². The summed E-state index contributed by atoms with van der Waals surface area (Å²) in [6.07, 6.45) is 6.35. The van der Waals surface area contributed by atoms with E-state index in [0.29, 0.717) is 0 Å². The van der Waals surface area contributed by atoms with Gasteiger partial charge in [0, 0.05) is 19.1 Å². The SMILES string of the molecule is CCN1CC(C)(C)OC2(CCC(N(C)CCC(C)C)CC2)C1. The van der Waals surface area contributed by atoms with Crippen molar-refractivity contribution in [2.24, 2.45) is 5.92 Å². The molecule has 1 saturated heterocycles. The largest absolute Gasteiger partial charge is 0.366 e. The second-order valence-electron chi connectivity index (χ2n) is 8.74. The van der Waals surface area contributed by atoms with E-state index in [1.54, 1.807) is 0 Å². The maximum absolute atomic E-state index is 6.60. The summed E-state index contributed by atoms with van der Waals surface area (Å²) in [7, 11) is 2.31. The number of hydrogen-bond acceptors (Lipinski definition) is 3. The first kappa shape index (κ1) is 18.2. The van der Waals surface area contributed by atoms with Gasteiger partial charge in [-0.05, 0) is 72.0 Å². The highest BCUT2D eigenvalue weighted by molar-refractivity contribution is 4.98. The predicted molar refractivity (Wildman–Crippen MR) is 94.4 cm³/mol. The van der Waals surface area contributed by atoms with Crippen molar-refractivity contribution in [1.29, 1.82) is 0 Å². The number of rotatable bonds is 5. The van der Waals surface area contributed by atoms with E-state index in [-0.39, 0.29) is 11.2 Å². The minimum atomic E-state index is 0.00460. The highest BCUT2D eigenvalue weighted by Gasteiger charge is 2.46. The number of ether oxygens (including phenoxy) is 1. The van der Waals surface area contributed by atoms with Gasteiger partial charge in [0.15, 0.2) is 0 Å². The average molecular weight is 311 g/mol. The van der Waals surface area contributed by atoms with E-state index >= 15 is 0 Å². The van der Waals surface area contributed by atoms with E-state index in [4.69, 9.17) is 4.74 Å². The summed E-state index contributed by atoms with van der Waals surface area (Å²) < 4.78 is 6.60. The molecule has 3 heteroatoms. The van der Waals surface area contributed by atoms with Crippen LogP contribution in [0.15, 0.2) is 0 Å². The lowest BCUT2D eigenvalue weighted by Crippen LogP contribution is -2.61. The quantitative estimate of drug-likeness (QED) is 0.768. The molecule has 0 radical (unpaired) electrons. The summed E-state index contributed by atoms with van der Waals surface area (Å²) in [6, 6.07) is 0.757. The molecule has 2 aliphatic rings. The first-order valence-electron chi connectivity index (χ1n) is 9.38. The van der Waals surface area contributed by atoms with Gasteiger partial charge in [-0.25, -0.2) is 0 Å². The van der Waals surface area contributed by atoms with Gasteiger partial charge in [-0.1, -0.05) is 20.8 Å². The van der Waals surface area contributed by atoms with Crippen LogP contribution in [0.4, 0.5) is 0 Å². The van der Waals surface area contributed by atoms with Crippen LogP contribution >= 0.6 is 0 Å². The lowest BCUT2D eigenvalue weighted by Gasteiger charge is -2.53. The van der Waals surface area contributed by atoms with Crippen molar-refractivity contribution in [3.05, 3.63) is 0 Å². The zero-order chi connectivity index (χ0) is 16.4. The topological polar surface area (TPSA) is 15.7 Å². The van der Waals surface area contributed by atoms with Crippen LogP contribution in [-0.4, -0.2) is 60.3 Å². The molecule has 130 valence electrons. The minimum absolute atomic E-state index is 0.00460. The molecule has 22 heavy (non-hydrogen) atoms. The van der Waals surface area contributed by atoms with Crippen molar-refractivity contribution in [3.63, 3.8) is 0 Å². The Bertz CT molecular complexity index is 345. The monoisotopic (exact) mass is 310 g/mol. The molecule has 0 aromatic carbocycles. The van der Waals surface area contributed by atoms with Crippen LogP contribution in [0, 0.1) is 5.92 Å².